The maximum atomic E-state index is 12.7. The predicted octanol–water partition coefficient (Wildman–Crippen LogP) is 1.98. The maximum Gasteiger partial charge on any atom is 0.407 e. The number of nitrogens with one attached hydrogen (secondary N) is 1. The smallest absolute Gasteiger partial charge is 0.407 e. The molecule has 0 bridgehead atoms. The van der Waals surface area contributed by atoms with Crippen LogP contribution in [0.3, 0.4) is 0 Å². The van der Waals surface area contributed by atoms with Crippen LogP contribution in [0, 0.1) is 5.41 Å². The first kappa shape index (κ1) is 15.2. The van der Waals surface area contributed by atoms with E-state index in [0.717, 1.165) is 6.42 Å². The number of carbonyl (C=O) groups is 1. The molecule has 0 saturated heterocycles. The maximum absolute atomic E-state index is 12.7. The van der Waals surface area contributed by atoms with Crippen molar-refractivity contribution in [3.63, 3.8) is 0 Å². The molecule has 1 saturated carbocycles. The van der Waals surface area contributed by atoms with Gasteiger partial charge in [0.05, 0.1) is 5.75 Å². The van der Waals surface area contributed by atoms with Gasteiger partial charge in [-0.3, -0.25) is 0 Å². The van der Waals surface area contributed by atoms with Crippen LogP contribution in [0.15, 0.2) is 0 Å². The third-order valence-corrected chi connectivity index (χ3v) is 3.86. The van der Waals surface area contributed by atoms with E-state index in [1.807, 2.05) is 0 Å². The Labute approximate surface area is 107 Å². The molecule has 7 heteroatoms. The van der Waals surface area contributed by atoms with Crippen LogP contribution in [0.4, 0.5) is 8.68 Å². The molecule has 0 radical (unpaired) electrons. The number of carbonyl (C=O) groups excluding carboxylic acids is 1. The van der Waals surface area contributed by atoms with E-state index < -0.39 is 33.1 Å². The van der Waals surface area contributed by atoms with E-state index in [-0.39, 0.29) is 6.54 Å². The highest BCUT2D eigenvalue weighted by molar-refractivity contribution is 7.86. The largest absolute Gasteiger partial charge is 0.444 e. The van der Waals surface area contributed by atoms with Crippen molar-refractivity contribution in [3.05, 3.63) is 0 Å². The first-order chi connectivity index (χ1) is 8.02. The standard InChI is InChI=1S/C11H20FNO4S/c1-10(2,3)17-9(14)13-7-11(5-4-6-11)8-18(12,15)16/h4-8H2,1-3H3,(H,13,14). The quantitative estimate of drug-likeness (QED) is 0.800. The van der Waals surface area contributed by atoms with Crippen LogP contribution in [0.1, 0.15) is 40.0 Å². The molecule has 0 aromatic carbocycles. The summed E-state index contributed by atoms with van der Waals surface area (Å²) in [6, 6.07) is 0. The number of rotatable bonds is 4. The normalized spacial score (nSPS) is 18.9. The Morgan fingerprint density at radius 2 is 1.94 bits per heavy atom. The average molecular weight is 281 g/mol. The minimum atomic E-state index is -4.52. The van der Waals surface area contributed by atoms with Crippen molar-refractivity contribution in [1.82, 2.24) is 5.32 Å². The van der Waals surface area contributed by atoms with Gasteiger partial charge in [0.2, 0.25) is 0 Å². The van der Waals surface area contributed by atoms with E-state index in [1.54, 1.807) is 20.8 Å². The molecule has 1 amide bonds. The van der Waals surface area contributed by atoms with Gasteiger partial charge in [0.25, 0.3) is 0 Å². The van der Waals surface area contributed by atoms with Gasteiger partial charge in [-0.1, -0.05) is 6.42 Å². The molecular weight excluding hydrogens is 261 g/mol. The second-order valence-electron chi connectivity index (χ2n) is 5.89. The lowest BCUT2D eigenvalue weighted by molar-refractivity contribution is 0.0470. The van der Waals surface area contributed by atoms with Crippen LogP contribution in [-0.4, -0.2) is 32.4 Å². The van der Waals surface area contributed by atoms with Crippen LogP contribution in [0.2, 0.25) is 0 Å². The van der Waals surface area contributed by atoms with Crippen molar-refractivity contribution in [2.45, 2.75) is 45.6 Å². The Hall–Kier alpha value is -0.850. The van der Waals surface area contributed by atoms with E-state index in [9.17, 15) is 17.1 Å². The van der Waals surface area contributed by atoms with Gasteiger partial charge in [-0.05, 0) is 33.6 Å². The summed E-state index contributed by atoms with van der Waals surface area (Å²) < 4.78 is 39.2. The molecule has 0 aliphatic heterocycles. The molecule has 1 fully saturated rings. The van der Waals surface area contributed by atoms with Gasteiger partial charge in [-0.15, -0.1) is 3.89 Å². The number of alkyl carbamates (subject to hydrolysis) is 1. The molecule has 0 spiro atoms. The lowest BCUT2D eigenvalue weighted by Gasteiger charge is -2.40. The third kappa shape index (κ3) is 5.20. The van der Waals surface area contributed by atoms with Gasteiger partial charge in [0.15, 0.2) is 0 Å². The van der Waals surface area contributed by atoms with Crippen LogP contribution < -0.4 is 5.32 Å². The summed E-state index contributed by atoms with van der Waals surface area (Å²) in [5.41, 5.74) is -1.27. The zero-order valence-corrected chi connectivity index (χ0v) is 11.8. The van der Waals surface area contributed by atoms with E-state index >= 15 is 0 Å². The summed E-state index contributed by atoms with van der Waals surface area (Å²) in [5, 5.41) is 2.51. The van der Waals surface area contributed by atoms with Crippen LogP contribution in [0.5, 0.6) is 0 Å². The van der Waals surface area contributed by atoms with Crippen LogP contribution in [-0.2, 0) is 15.0 Å². The topological polar surface area (TPSA) is 72.5 Å². The minimum Gasteiger partial charge on any atom is -0.444 e. The van der Waals surface area contributed by atoms with Gasteiger partial charge in [0.1, 0.15) is 5.60 Å². The van der Waals surface area contributed by atoms with E-state index in [2.05, 4.69) is 5.32 Å². The van der Waals surface area contributed by atoms with Gasteiger partial charge >= 0.3 is 16.3 Å². The molecule has 1 N–H and O–H groups in total. The molecule has 0 aromatic heterocycles. The van der Waals surface area contributed by atoms with Crippen molar-refractivity contribution in [1.29, 1.82) is 0 Å². The molecule has 18 heavy (non-hydrogen) atoms. The van der Waals surface area contributed by atoms with Crippen molar-refractivity contribution >= 4 is 16.3 Å². The fourth-order valence-corrected chi connectivity index (χ4v) is 3.11. The fraction of sp³-hybridized carbons (Fsp3) is 0.909. The van der Waals surface area contributed by atoms with E-state index in [0.29, 0.717) is 12.8 Å². The Morgan fingerprint density at radius 3 is 2.28 bits per heavy atom. The average Bonchev–Trinajstić information content (AvgIpc) is 2.04. The monoisotopic (exact) mass is 281 g/mol. The van der Waals surface area contributed by atoms with Gasteiger partial charge in [0, 0.05) is 12.0 Å². The molecule has 1 rings (SSSR count). The third-order valence-electron chi connectivity index (χ3n) is 2.90. The Kier molecular flexibility index (Phi) is 4.25. The second kappa shape index (κ2) is 5.03. The number of amides is 1. The van der Waals surface area contributed by atoms with Crippen molar-refractivity contribution in [2.75, 3.05) is 12.3 Å². The Bertz CT molecular complexity index is 409. The molecule has 1 aliphatic rings. The molecule has 5 nitrogen and oxygen atoms in total. The van der Waals surface area contributed by atoms with Gasteiger partial charge in [-0.25, -0.2) is 4.79 Å². The molecule has 106 valence electrons. The highest BCUT2D eigenvalue weighted by Crippen LogP contribution is 2.41. The van der Waals surface area contributed by atoms with E-state index in [1.165, 1.54) is 0 Å². The molecule has 0 unspecified atom stereocenters. The van der Waals surface area contributed by atoms with E-state index in [4.69, 9.17) is 4.74 Å². The summed E-state index contributed by atoms with van der Waals surface area (Å²) in [5.74, 6) is -0.532. The predicted molar refractivity (Wildman–Crippen MR) is 65.4 cm³/mol. The fourth-order valence-electron chi connectivity index (χ4n) is 1.99. The summed E-state index contributed by atoms with van der Waals surface area (Å²) in [7, 11) is -4.52. The van der Waals surface area contributed by atoms with Gasteiger partial charge in [-0.2, -0.15) is 8.42 Å². The number of ether oxygens (including phenoxy) is 1. The summed E-state index contributed by atoms with van der Waals surface area (Å²) in [4.78, 5) is 11.4. The highest BCUT2D eigenvalue weighted by atomic mass is 32.3. The SMILES string of the molecule is CC(C)(C)OC(=O)NCC1(CS(=O)(=O)F)CCC1. The summed E-state index contributed by atoms with van der Waals surface area (Å²) >= 11 is 0. The van der Waals surface area contributed by atoms with Crippen molar-refractivity contribution in [2.24, 2.45) is 5.41 Å². The Morgan fingerprint density at radius 1 is 1.39 bits per heavy atom. The highest BCUT2D eigenvalue weighted by Gasteiger charge is 2.41. The molecule has 0 aromatic rings. The lowest BCUT2D eigenvalue weighted by atomic mass is 9.70. The molecule has 1 aliphatic carbocycles. The Balaban J connectivity index is 2.48. The van der Waals surface area contributed by atoms with Crippen molar-refractivity contribution in [3.8, 4) is 0 Å². The number of halogens is 1. The second-order valence-corrected chi connectivity index (χ2v) is 7.26. The van der Waals surface area contributed by atoms with Crippen molar-refractivity contribution < 1.29 is 21.8 Å². The van der Waals surface area contributed by atoms with Crippen LogP contribution in [0.25, 0.3) is 0 Å². The first-order valence-electron chi connectivity index (χ1n) is 5.91. The number of hydrogen-bond acceptors (Lipinski definition) is 4. The summed E-state index contributed by atoms with van der Waals surface area (Å²) in [6.45, 7) is 5.33. The first-order valence-corrected chi connectivity index (χ1v) is 7.46. The summed E-state index contributed by atoms with van der Waals surface area (Å²) in [6.07, 6.45) is 1.45. The molecule has 0 atom stereocenters. The molecule has 0 heterocycles. The number of hydrogen-bond donors (Lipinski definition) is 1. The molecular formula is C11H20FNO4S. The zero-order chi connectivity index (χ0) is 14.0. The zero-order valence-electron chi connectivity index (χ0n) is 11.0. The minimum absolute atomic E-state index is 0.130. The van der Waals surface area contributed by atoms with Crippen LogP contribution >= 0.6 is 0 Å². The van der Waals surface area contributed by atoms with Gasteiger partial charge < -0.3 is 10.1 Å². The lowest BCUT2D eigenvalue weighted by Crippen LogP contribution is -2.47.